The molecule has 0 radical (unpaired) electrons. The summed E-state index contributed by atoms with van der Waals surface area (Å²) >= 11 is 0. The van der Waals surface area contributed by atoms with Crippen molar-refractivity contribution in [3.63, 3.8) is 0 Å². The number of aryl methyl sites for hydroxylation is 1. The molecule has 0 bridgehead atoms. The van der Waals surface area contributed by atoms with Gasteiger partial charge in [-0.3, -0.25) is 9.48 Å². The van der Waals surface area contributed by atoms with E-state index in [1.807, 2.05) is 31.3 Å². The number of nitrogens with zero attached hydrogens (tertiary/aromatic N) is 2. The summed E-state index contributed by atoms with van der Waals surface area (Å²) in [6.45, 7) is 2.63. The monoisotopic (exact) mass is 261 g/mol. The zero-order valence-corrected chi connectivity index (χ0v) is 11.1. The highest BCUT2D eigenvalue weighted by Gasteiger charge is 2.17. The maximum absolute atomic E-state index is 12.0. The quantitative estimate of drug-likeness (QED) is 0.777. The van der Waals surface area contributed by atoms with Crippen molar-refractivity contribution in [2.75, 3.05) is 6.54 Å². The van der Waals surface area contributed by atoms with Crippen molar-refractivity contribution in [2.45, 2.75) is 32.2 Å². The number of furan rings is 1. The molecule has 0 saturated heterocycles. The van der Waals surface area contributed by atoms with Crippen LogP contribution < -0.4 is 5.32 Å². The minimum absolute atomic E-state index is 0.0191. The second-order valence-corrected chi connectivity index (χ2v) is 4.38. The van der Waals surface area contributed by atoms with Gasteiger partial charge in [0.2, 0.25) is 5.91 Å². The van der Waals surface area contributed by atoms with Crippen molar-refractivity contribution in [3.8, 4) is 0 Å². The second kappa shape index (κ2) is 6.78. The highest BCUT2D eigenvalue weighted by atomic mass is 16.3. The Hall–Kier alpha value is -2.04. The summed E-state index contributed by atoms with van der Waals surface area (Å²) in [6, 6.07) is 5.42. The average molecular weight is 261 g/mol. The molecule has 102 valence electrons. The van der Waals surface area contributed by atoms with Gasteiger partial charge in [-0.15, -0.1) is 0 Å². The van der Waals surface area contributed by atoms with E-state index in [4.69, 9.17) is 4.42 Å². The fourth-order valence-electron chi connectivity index (χ4n) is 2.00. The zero-order chi connectivity index (χ0) is 13.5. The predicted molar refractivity (Wildman–Crippen MR) is 71.6 cm³/mol. The standard InChI is InChI=1S/C14H19N3O2/c1-2-13(17-10-5-9-16-17)14(18)15-8-3-6-12-7-4-11-19-12/h4-5,7,9-11,13H,2-3,6,8H2,1H3,(H,15,18)/t13-/m1/s1. The molecule has 2 aromatic heterocycles. The largest absolute Gasteiger partial charge is 0.469 e. The van der Waals surface area contributed by atoms with Crippen LogP contribution in [0.3, 0.4) is 0 Å². The number of rotatable bonds is 7. The molecule has 1 atom stereocenters. The first-order valence-corrected chi connectivity index (χ1v) is 6.60. The van der Waals surface area contributed by atoms with E-state index in [0.29, 0.717) is 6.54 Å². The SMILES string of the molecule is CC[C@H](C(=O)NCCCc1ccco1)n1cccn1. The fourth-order valence-corrected chi connectivity index (χ4v) is 2.00. The Morgan fingerprint density at radius 3 is 3.05 bits per heavy atom. The number of aromatic nitrogens is 2. The number of hydrogen-bond acceptors (Lipinski definition) is 3. The molecule has 2 heterocycles. The van der Waals surface area contributed by atoms with Gasteiger partial charge >= 0.3 is 0 Å². The van der Waals surface area contributed by atoms with Crippen LogP contribution in [0.1, 0.15) is 31.6 Å². The first kappa shape index (κ1) is 13.4. The molecular weight excluding hydrogens is 242 g/mol. The van der Waals surface area contributed by atoms with E-state index in [2.05, 4.69) is 10.4 Å². The molecular formula is C14H19N3O2. The van der Waals surface area contributed by atoms with Crippen molar-refractivity contribution < 1.29 is 9.21 Å². The summed E-state index contributed by atoms with van der Waals surface area (Å²) in [5.41, 5.74) is 0. The lowest BCUT2D eigenvalue weighted by molar-refractivity contribution is -0.124. The van der Waals surface area contributed by atoms with E-state index in [1.54, 1.807) is 17.1 Å². The molecule has 0 spiro atoms. The van der Waals surface area contributed by atoms with Crippen LogP contribution in [0.15, 0.2) is 41.3 Å². The minimum atomic E-state index is -0.224. The minimum Gasteiger partial charge on any atom is -0.469 e. The Kier molecular flexibility index (Phi) is 4.78. The number of carbonyl (C=O) groups excluding carboxylic acids is 1. The number of nitrogens with one attached hydrogen (secondary N) is 1. The molecule has 0 aliphatic carbocycles. The third kappa shape index (κ3) is 3.71. The Bertz CT molecular complexity index is 477. The van der Waals surface area contributed by atoms with Gasteiger partial charge in [0.25, 0.3) is 0 Å². The van der Waals surface area contributed by atoms with Crippen LogP contribution >= 0.6 is 0 Å². The van der Waals surface area contributed by atoms with Crippen LogP contribution in [0.4, 0.5) is 0 Å². The lowest BCUT2D eigenvalue weighted by atomic mass is 10.2. The van der Waals surface area contributed by atoms with Gasteiger partial charge in [0.15, 0.2) is 0 Å². The maximum atomic E-state index is 12.0. The third-order valence-electron chi connectivity index (χ3n) is 3.01. The molecule has 0 fully saturated rings. The van der Waals surface area contributed by atoms with E-state index in [0.717, 1.165) is 25.0 Å². The van der Waals surface area contributed by atoms with Crippen molar-refractivity contribution in [1.82, 2.24) is 15.1 Å². The molecule has 0 unspecified atom stereocenters. The first-order chi connectivity index (χ1) is 9.31. The van der Waals surface area contributed by atoms with E-state index in [1.165, 1.54) is 0 Å². The normalized spacial score (nSPS) is 12.3. The molecule has 2 rings (SSSR count). The van der Waals surface area contributed by atoms with Gasteiger partial charge in [0.05, 0.1) is 6.26 Å². The highest BCUT2D eigenvalue weighted by molar-refractivity contribution is 5.80. The van der Waals surface area contributed by atoms with Crippen LogP contribution in [0, 0.1) is 0 Å². The van der Waals surface area contributed by atoms with Gasteiger partial charge < -0.3 is 9.73 Å². The summed E-state index contributed by atoms with van der Waals surface area (Å²) < 4.78 is 6.94. The predicted octanol–water partition coefficient (Wildman–Crippen LogP) is 2.18. The van der Waals surface area contributed by atoms with Gasteiger partial charge in [-0.2, -0.15) is 5.10 Å². The topological polar surface area (TPSA) is 60.1 Å². The number of carbonyl (C=O) groups is 1. The number of amides is 1. The highest BCUT2D eigenvalue weighted by Crippen LogP contribution is 2.09. The van der Waals surface area contributed by atoms with Crippen molar-refractivity contribution in [3.05, 3.63) is 42.6 Å². The third-order valence-corrected chi connectivity index (χ3v) is 3.01. The van der Waals surface area contributed by atoms with Crippen molar-refractivity contribution in [1.29, 1.82) is 0 Å². The summed E-state index contributed by atoms with van der Waals surface area (Å²) in [5, 5.41) is 7.06. The molecule has 19 heavy (non-hydrogen) atoms. The first-order valence-electron chi connectivity index (χ1n) is 6.60. The molecule has 5 heteroatoms. The molecule has 0 aliphatic rings. The fraction of sp³-hybridized carbons (Fsp3) is 0.429. The molecule has 1 N–H and O–H groups in total. The van der Waals surface area contributed by atoms with Crippen molar-refractivity contribution >= 4 is 5.91 Å². The second-order valence-electron chi connectivity index (χ2n) is 4.38. The average Bonchev–Trinajstić information content (AvgIpc) is 3.08. The van der Waals surface area contributed by atoms with E-state index < -0.39 is 0 Å². The molecule has 5 nitrogen and oxygen atoms in total. The van der Waals surface area contributed by atoms with Crippen LogP contribution in [-0.4, -0.2) is 22.2 Å². The molecule has 1 amide bonds. The van der Waals surface area contributed by atoms with Crippen LogP contribution in [0.25, 0.3) is 0 Å². The molecule has 0 aromatic carbocycles. The van der Waals surface area contributed by atoms with Crippen LogP contribution in [0.2, 0.25) is 0 Å². The summed E-state index contributed by atoms with van der Waals surface area (Å²) in [7, 11) is 0. The molecule has 0 saturated carbocycles. The van der Waals surface area contributed by atoms with Gasteiger partial charge in [-0.1, -0.05) is 6.92 Å². The molecule has 0 aliphatic heterocycles. The summed E-state index contributed by atoms with van der Waals surface area (Å²) in [6.07, 6.45) is 7.61. The zero-order valence-electron chi connectivity index (χ0n) is 11.1. The summed E-state index contributed by atoms with van der Waals surface area (Å²) in [4.78, 5) is 12.0. The maximum Gasteiger partial charge on any atom is 0.244 e. The van der Waals surface area contributed by atoms with E-state index in [9.17, 15) is 4.79 Å². The summed E-state index contributed by atoms with van der Waals surface area (Å²) in [5.74, 6) is 0.971. The van der Waals surface area contributed by atoms with Crippen molar-refractivity contribution in [2.24, 2.45) is 0 Å². The molecule has 2 aromatic rings. The van der Waals surface area contributed by atoms with Crippen LogP contribution in [-0.2, 0) is 11.2 Å². The van der Waals surface area contributed by atoms with Gasteiger partial charge in [-0.05, 0) is 31.0 Å². The van der Waals surface area contributed by atoms with Crippen LogP contribution in [0.5, 0.6) is 0 Å². The Labute approximate surface area is 112 Å². The van der Waals surface area contributed by atoms with Gasteiger partial charge in [0, 0.05) is 25.4 Å². The Morgan fingerprint density at radius 1 is 1.53 bits per heavy atom. The van der Waals surface area contributed by atoms with E-state index >= 15 is 0 Å². The van der Waals surface area contributed by atoms with Gasteiger partial charge in [0.1, 0.15) is 11.8 Å². The number of hydrogen-bond donors (Lipinski definition) is 1. The van der Waals surface area contributed by atoms with Gasteiger partial charge in [-0.25, -0.2) is 0 Å². The van der Waals surface area contributed by atoms with E-state index in [-0.39, 0.29) is 11.9 Å². The lowest BCUT2D eigenvalue weighted by Gasteiger charge is -2.15. The Balaban J connectivity index is 1.74. The lowest BCUT2D eigenvalue weighted by Crippen LogP contribution is -2.33. The smallest absolute Gasteiger partial charge is 0.244 e. The Morgan fingerprint density at radius 2 is 2.42 bits per heavy atom.